The van der Waals surface area contributed by atoms with E-state index >= 15 is 0 Å². The average molecular weight is 457 g/mol. The lowest BCUT2D eigenvalue weighted by molar-refractivity contribution is -0.137. The molecule has 1 saturated carbocycles. The summed E-state index contributed by atoms with van der Waals surface area (Å²) in [5, 5.41) is 15.4. The van der Waals surface area contributed by atoms with Crippen LogP contribution < -0.4 is 10.6 Å². The first-order valence-electron chi connectivity index (χ1n) is 10.0. The second kappa shape index (κ2) is 8.05. The van der Waals surface area contributed by atoms with Crippen LogP contribution in [0.15, 0.2) is 12.3 Å². The van der Waals surface area contributed by atoms with E-state index < -0.39 is 23.2 Å². The number of carbonyl (C=O) groups excluding carboxylic acids is 1. The van der Waals surface area contributed by atoms with Gasteiger partial charge in [-0.05, 0) is 59.4 Å². The lowest BCUT2D eigenvalue weighted by atomic mass is 9.98. The van der Waals surface area contributed by atoms with Gasteiger partial charge >= 0.3 is 6.18 Å². The Balaban J connectivity index is 1.93. The van der Waals surface area contributed by atoms with Crippen LogP contribution in [-0.4, -0.2) is 38.7 Å². The number of rotatable bonds is 7. The van der Waals surface area contributed by atoms with Crippen LogP contribution in [0, 0.1) is 12.8 Å². The highest BCUT2D eigenvalue weighted by molar-refractivity contribution is 7.17. The Morgan fingerprint density at radius 3 is 2.45 bits per heavy atom. The van der Waals surface area contributed by atoms with E-state index in [4.69, 9.17) is 0 Å². The number of aliphatic hydroxyl groups is 1. The lowest BCUT2D eigenvalue weighted by Gasteiger charge is -2.27. The number of hydrogen-bond acceptors (Lipinski definition) is 6. The van der Waals surface area contributed by atoms with Gasteiger partial charge in [-0.15, -0.1) is 11.3 Å². The van der Waals surface area contributed by atoms with Crippen molar-refractivity contribution in [2.75, 3.05) is 11.9 Å². The van der Waals surface area contributed by atoms with Crippen molar-refractivity contribution in [3.05, 3.63) is 28.5 Å². The van der Waals surface area contributed by atoms with Crippen molar-refractivity contribution in [3.8, 4) is 10.4 Å². The molecule has 170 valence electrons. The van der Waals surface area contributed by atoms with Crippen LogP contribution in [0.25, 0.3) is 10.4 Å². The Morgan fingerprint density at radius 1 is 1.26 bits per heavy atom. The Hall–Kier alpha value is -2.20. The third kappa shape index (κ3) is 5.74. The Labute approximate surface area is 183 Å². The van der Waals surface area contributed by atoms with Crippen molar-refractivity contribution in [1.29, 1.82) is 0 Å². The minimum atomic E-state index is -4.60. The summed E-state index contributed by atoms with van der Waals surface area (Å²) in [5.41, 5.74) is -2.09. The fraction of sp³-hybridized carbons (Fsp3) is 0.571. The summed E-state index contributed by atoms with van der Waals surface area (Å²) in [6.07, 6.45) is -1.32. The summed E-state index contributed by atoms with van der Waals surface area (Å²) in [5.74, 6) is 0.0303. The molecule has 2 aromatic heterocycles. The maximum atomic E-state index is 13.9. The van der Waals surface area contributed by atoms with Gasteiger partial charge in [0.05, 0.1) is 21.7 Å². The molecule has 6 nitrogen and oxygen atoms in total. The molecule has 0 aromatic carbocycles. The van der Waals surface area contributed by atoms with Gasteiger partial charge < -0.3 is 15.7 Å². The highest BCUT2D eigenvalue weighted by Crippen LogP contribution is 2.43. The van der Waals surface area contributed by atoms with Crippen LogP contribution in [0.3, 0.4) is 0 Å². The Kier molecular flexibility index (Phi) is 6.09. The van der Waals surface area contributed by atoms with Crippen LogP contribution in [0.4, 0.5) is 19.0 Å². The Morgan fingerprint density at radius 2 is 1.90 bits per heavy atom. The van der Waals surface area contributed by atoms with Crippen LogP contribution in [0.2, 0.25) is 0 Å². The number of aromatic nitrogens is 2. The zero-order valence-electron chi connectivity index (χ0n) is 18.1. The average Bonchev–Trinajstić information content (AvgIpc) is 3.42. The van der Waals surface area contributed by atoms with E-state index in [1.165, 1.54) is 20.0 Å². The third-order valence-corrected chi connectivity index (χ3v) is 6.36. The molecule has 31 heavy (non-hydrogen) atoms. The highest BCUT2D eigenvalue weighted by Gasteiger charge is 2.39. The predicted molar refractivity (Wildman–Crippen MR) is 114 cm³/mol. The minimum absolute atomic E-state index is 0.00764. The van der Waals surface area contributed by atoms with Gasteiger partial charge in [0.15, 0.2) is 5.01 Å². The number of thiazole rings is 1. The first kappa shape index (κ1) is 23.5. The van der Waals surface area contributed by atoms with Crippen LogP contribution in [0.5, 0.6) is 0 Å². The lowest BCUT2D eigenvalue weighted by Crippen LogP contribution is -2.38. The molecule has 0 spiro atoms. The zero-order valence-corrected chi connectivity index (χ0v) is 19.0. The number of hydrogen-bond donors (Lipinski definition) is 3. The molecule has 3 N–H and O–H groups in total. The minimum Gasteiger partial charge on any atom is -0.389 e. The maximum absolute atomic E-state index is 13.9. The van der Waals surface area contributed by atoms with Crippen molar-refractivity contribution in [3.63, 3.8) is 0 Å². The number of anilines is 1. The Bertz CT molecular complexity index is 976. The standard InChI is InChI=1S/C21H27F3N4O2S/c1-11-16(31-18(27-11)17(29)26-10-19(2,3)30)13-9-25-15(8-14(13)21(22,23)24)28-20(4,5)12-6-7-12/h8-9,12,30H,6-7,10H2,1-5H3,(H,25,28)(H,26,29). The number of alkyl halides is 3. The van der Waals surface area contributed by atoms with Gasteiger partial charge in [-0.3, -0.25) is 4.79 Å². The van der Waals surface area contributed by atoms with Crippen molar-refractivity contribution in [1.82, 2.24) is 15.3 Å². The normalized spacial score (nSPS) is 15.1. The monoisotopic (exact) mass is 456 g/mol. The number of nitrogens with one attached hydrogen (secondary N) is 2. The SMILES string of the molecule is Cc1nc(C(=O)NCC(C)(C)O)sc1-c1cnc(NC(C)(C)C2CC2)cc1C(F)(F)F. The summed E-state index contributed by atoms with van der Waals surface area (Å²) < 4.78 is 41.7. The van der Waals surface area contributed by atoms with E-state index in [9.17, 15) is 23.1 Å². The summed E-state index contributed by atoms with van der Waals surface area (Å²) in [6, 6.07) is 1.02. The number of aryl methyl sites for hydroxylation is 1. The molecule has 0 bridgehead atoms. The summed E-state index contributed by atoms with van der Waals surface area (Å²) in [7, 11) is 0. The molecule has 10 heteroatoms. The van der Waals surface area contributed by atoms with Gasteiger partial charge in [-0.1, -0.05) is 0 Å². The zero-order chi connectivity index (χ0) is 23.2. The molecular formula is C21H27F3N4O2S. The second-order valence-corrected chi connectivity index (χ2v) is 10.2. The van der Waals surface area contributed by atoms with E-state index in [1.807, 2.05) is 13.8 Å². The third-order valence-electron chi connectivity index (χ3n) is 5.17. The molecule has 0 saturated heterocycles. The smallest absolute Gasteiger partial charge is 0.389 e. The highest BCUT2D eigenvalue weighted by atomic mass is 32.1. The molecule has 1 aliphatic carbocycles. The van der Waals surface area contributed by atoms with Crippen LogP contribution >= 0.6 is 11.3 Å². The van der Waals surface area contributed by atoms with Crippen LogP contribution in [0.1, 0.15) is 61.6 Å². The molecule has 0 atom stereocenters. The molecule has 1 aliphatic rings. The number of nitrogens with zero attached hydrogens (tertiary/aromatic N) is 2. The molecule has 2 aromatic rings. The molecule has 0 aliphatic heterocycles. The predicted octanol–water partition coefficient (Wildman–Crippen LogP) is 4.63. The molecule has 1 amide bonds. The van der Waals surface area contributed by atoms with E-state index in [2.05, 4.69) is 20.6 Å². The fourth-order valence-electron chi connectivity index (χ4n) is 3.29. The maximum Gasteiger partial charge on any atom is 0.417 e. The first-order valence-corrected chi connectivity index (χ1v) is 10.8. The molecule has 0 radical (unpaired) electrons. The quantitative estimate of drug-likeness (QED) is 0.565. The van der Waals surface area contributed by atoms with Gasteiger partial charge in [0, 0.05) is 23.8 Å². The van der Waals surface area contributed by atoms with E-state index in [0.717, 1.165) is 30.2 Å². The molecule has 3 rings (SSSR count). The molecule has 0 unspecified atom stereocenters. The van der Waals surface area contributed by atoms with Crippen molar-refractivity contribution >= 4 is 23.1 Å². The van der Waals surface area contributed by atoms with E-state index in [1.54, 1.807) is 6.92 Å². The summed E-state index contributed by atoms with van der Waals surface area (Å²) in [4.78, 5) is 20.9. The largest absolute Gasteiger partial charge is 0.417 e. The van der Waals surface area contributed by atoms with Gasteiger partial charge in [0.1, 0.15) is 5.82 Å². The summed E-state index contributed by atoms with van der Waals surface area (Å²) in [6.45, 7) is 8.53. The topological polar surface area (TPSA) is 87.1 Å². The van der Waals surface area contributed by atoms with E-state index in [-0.39, 0.29) is 33.3 Å². The molecular weight excluding hydrogens is 429 g/mol. The summed E-state index contributed by atoms with van der Waals surface area (Å²) >= 11 is 0.870. The van der Waals surface area contributed by atoms with Crippen LogP contribution in [-0.2, 0) is 6.18 Å². The fourth-order valence-corrected chi connectivity index (χ4v) is 4.30. The number of halogens is 3. The van der Waals surface area contributed by atoms with Crippen molar-refractivity contribution in [2.24, 2.45) is 5.92 Å². The van der Waals surface area contributed by atoms with Crippen molar-refractivity contribution in [2.45, 2.75) is 64.8 Å². The first-order chi connectivity index (χ1) is 14.2. The number of carbonyl (C=O) groups is 1. The number of amides is 1. The van der Waals surface area contributed by atoms with Gasteiger partial charge in [0.2, 0.25) is 0 Å². The van der Waals surface area contributed by atoms with Gasteiger partial charge in [-0.2, -0.15) is 13.2 Å². The van der Waals surface area contributed by atoms with Gasteiger partial charge in [0.25, 0.3) is 5.91 Å². The molecule has 2 heterocycles. The van der Waals surface area contributed by atoms with Crippen molar-refractivity contribution < 1.29 is 23.1 Å². The molecule has 1 fully saturated rings. The second-order valence-electron chi connectivity index (χ2n) is 9.16. The van der Waals surface area contributed by atoms with E-state index in [0.29, 0.717) is 11.6 Å². The number of pyridine rings is 1. The van der Waals surface area contributed by atoms with Gasteiger partial charge in [-0.25, -0.2) is 9.97 Å².